The topological polar surface area (TPSA) is 220 Å². The molecule has 5 aliphatic carbocycles. The lowest BCUT2D eigenvalue weighted by molar-refractivity contribution is -0.119. The third-order valence-electron chi connectivity index (χ3n) is 22.7. The van der Waals surface area contributed by atoms with Crippen LogP contribution in [0.2, 0.25) is 0 Å². The van der Waals surface area contributed by atoms with Crippen molar-refractivity contribution in [3.05, 3.63) is 308 Å². The molecule has 1 saturated carbocycles. The van der Waals surface area contributed by atoms with E-state index in [0.717, 1.165) is 183 Å². The Labute approximate surface area is 683 Å². The van der Waals surface area contributed by atoms with E-state index in [-0.39, 0.29) is 29.5 Å². The molecule has 1 fully saturated rings. The standard InChI is InChI=1S/C28H31N3O.2C25H27N3O.C22H21N3O/c32-26(19-21-11-5-2-6-12-21)31-28-25(17-15-20-9-3-1-4-10-20)29-27-23-14-8-7-13-22(23)16-18-24(27)30-28;1-17(2)16-23(29)28-25-22(14-12-18-8-4-3-5-9-18)26-24-20-11-7-6-10-19(20)13-15-21(24)27-25;1-3-17(2)25(29)28-24-22(15-13-18-9-5-4-6-10-18)26-23-20-12-8-7-11-19(20)14-16-21(23)27-24;1-15(26)23-22-20(13-11-16-7-3-2-4-8-16)24-21-18-10-6-5-9-17(18)12-14-19(21)25-22/h1,3-4,7-10,13-14,21H,2,5-6,11-12,15-19H2,(H,30,31,32);3-11,17H,12-16H2,1-2H3,(H,27,28,29);4-12,17H,3,13-16H2,1-2H3,(H,27,28,29);2-10H,11-14H2,1H3,(H,23,25,26). The molecule has 0 radical (unpaired) electrons. The Balaban J connectivity index is 0.000000128. The van der Waals surface area contributed by atoms with E-state index in [1.165, 1.54) is 100 Å². The van der Waals surface area contributed by atoms with Crippen LogP contribution in [0.15, 0.2) is 218 Å². The molecule has 5 aliphatic rings. The van der Waals surface area contributed by atoms with Crippen LogP contribution in [-0.4, -0.2) is 63.5 Å². The summed E-state index contributed by atoms with van der Waals surface area (Å²) in [6.45, 7) is 9.57. The van der Waals surface area contributed by atoms with Crippen molar-refractivity contribution in [2.75, 3.05) is 21.3 Å². The Bertz CT molecular complexity index is 5400. The largest absolute Gasteiger partial charge is 0.309 e. The fraction of sp³-hybridized carbons (Fsp3) is 0.320. The van der Waals surface area contributed by atoms with E-state index in [0.29, 0.717) is 47.9 Å². The van der Waals surface area contributed by atoms with Crippen LogP contribution in [0.5, 0.6) is 0 Å². The zero-order chi connectivity index (χ0) is 80.1. The highest BCUT2D eigenvalue weighted by Gasteiger charge is 2.29. The van der Waals surface area contributed by atoms with Crippen molar-refractivity contribution in [1.82, 2.24) is 39.9 Å². The number of aryl methyl sites for hydroxylation is 16. The smallest absolute Gasteiger partial charge is 0.228 e. The van der Waals surface area contributed by atoms with Crippen LogP contribution in [0.4, 0.5) is 23.3 Å². The van der Waals surface area contributed by atoms with Crippen molar-refractivity contribution >= 4 is 46.9 Å². The Morgan fingerprint density at radius 1 is 0.336 bits per heavy atom. The van der Waals surface area contributed by atoms with Gasteiger partial charge in [0.25, 0.3) is 0 Å². The third kappa shape index (κ3) is 21.1. The zero-order valence-electron chi connectivity index (χ0n) is 67.7. The van der Waals surface area contributed by atoms with E-state index < -0.39 is 0 Å². The number of rotatable bonds is 22. The number of hydrogen-bond donors (Lipinski definition) is 4. The van der Waals surface area contributed by atoms with Crippen LogP contribution in [-0.2, 0) is 122 Å². The van der Waals surface area contributed by atoms with Gasteiger partial charge in [0.2, 0.25) is 23.6 Å². The van der Waals surface area contributed by atoms with Gasteiger partial charge in [-0.15, -0.1) is 0 Å². The number of amides is 4. The molecule has 16 nitrogen and oxygen atoms in total. The van der Waals surface area contributed by atoms with Crippen LogP contribution in [0.3, 0.4) is 0 Å². The van der Waals surface area contributed by atoms with Gasteiger partial charge in [-0.25, -0.2) is 39.9 Å². The van der Waals surface area contributed by atoms with Crippen LogP contribution in [0, 0.1) is 17.8 Å². The average molecular weight is 1540 g/mol. The highest BCUT2D eigenvalue weighted by Crippen LogP contribution is 2.38. The van der Waals surface area contributed by atoms with Crippen molar-refractivity contribution in [3.63, 3.8) is 0 Å². The predicted octanol–water partition coefficient (Wildman–Crippen LogP) is 19.9. The number of fused-ring (bicyclic) bond motifs is 12. The number of nitrogens with one attached hydrogen (secondary N) is 4. The Morgan fingerprint density at radius 2 is 0.629 bits per heavy atom. The van der Waals surface area contributed by atoms with Gasteiger partial charge in [0.05, 0.1) is 68.3 Å². The minimum Gasteiger partial charge on any atom is -0.309 e. The molecule has 0 aliphatic heterocycles. The van der Waals surface area contributed by atoms with Gasteiger partial charge >= 0.3 is 0 Å². The highest BCUT2D eigenvalue weighted by atomic mass is 16.2. The summed E-state index contributed by atoms with van der Waals surface area (Å²) in [6.07, 6.45) is 21.7. The molecule has 12 aromatic rings. The summed E-state index contributed by atoms with van der Waals surface area (Å²) in [5, 5.41) is 12.1. The second kappa shape index (κ2) is 39.3. The number of anilines is 4. The molecule has 590 valence electrons. The summed E-state index contributed by atoms with van der Waals surface area (Å²) in [5.41, 5.74) is 26.3. The summed E-state index contributed by atoms with van der Waals surface area (Å²) in [4.78, 5) is 89.1. The number of benzene rings is 8. The van der Waals surface area contributed by atoms with Gasteiger partial charge in [-0.3, -0.25) is 19.2 Å². The number of nitrogens with zero attached hydrogens (tertiary/aromatic N) is 8. The predicted molar refractivity (Wildman–Crippen MR) is 465 cm³/mol. The van der Waals surface area contributed by atoms with Crippen molar-refractivity contribution in [2.24, 2.45) is 17.8 Å². The van der Waals surface area contributed by atoms with Crippen LogP contribution >= 0.6 is 0 Å². The first-order valence-electron chi connectivity index (χ1n) is 42.0. The molecule has 0 spiro atoms. The molecule has 0 saturated heterocycles. The maximum atomic E-state index is 12.9. The summed E-state index contributed by atoms with van der Waals surface area (Å²) in [5.74, 6) is 3.29. The number of hydrogen-bond acceptors (Lipinski definition) is 12. The fourth-order valence-electron chi connectivity index (χ4n) is 16.2. The lowest BCUT2D eigenvalue weighted by atomic mass is 9.87. The molecule has 8 aromatic carbocycles. The second-order valence-electron chi connectivity index (χ2n) is 31.7. The monoisotopic (exact) mass is 1540 g/mol. The average Bonchev–Trinajstić information content (AvgIpc) is 0.794. The Kier molecular flexibility index (Phi) is 27.3. The first-order valence-corrected chi connectivity index (χ1v) is 42.0. The molecule has 1 atom stereocenters. The molecule has 4 N–H and O–H groups in total. The van der Waals surface area contributed by atoms with Gasteiger partial charge in [0, 0.05) is 47.9 Å². The van der Waals surface area contributed by atoms with Crippen LogP contribution < -0.4 is 21.3 Å². The van der Waals surface area contributed by atoms with Gasteiger partial charge in [0.1, 0.15) is 0 Å². The van der Waals surface area contributed by atoms with Crippen molar-refractivity contribution in [3.8, 4) is 45.0 Å². The van der Waals surface area contributed by atoms with E-state index in [1.54, 1.807) is 0 Å². The summed E-state index contributed by atoms with van der Waals surface area (Å²) < 4.78 is 0. The summed E-state index contributed by atoms with van der Waals surface area (Å²) in [6, 6.07) is 75.2. The van der Waals surface area contributed by atoms with E-state index >= 15 is 0 Å². The van der Waals surface area contributed by atoms with Gasteiger partial charge < -0.3 is 21.3 Å². The van der Waals surface area contributed by atoms with Crippen LogP contribution in [0.25, 0.3) is 45.0 Å². The first-order chi connectivity index (χ1) is 56.7. The van der Waals surface area contributed by atoms with E-state index in [4.69, 9.17) is 39.9 Å². The molecule has 4 amide bonds. The zero-order valence-corrected chi connectivity index (χ0v) is 67.7. The third-order valence-corrected chi connectivity index (χ3v) is 22.7. The van der Waals surface area contributed by atoms with Crippen molar-refractivity contribution < 1.29 is 19.2 Å². The van der Waals surface area contributed by atoms with Gasteiger partial charge in [-0.2, -0.15) is 0 Å². The van der Waals surface area contributed by atoms with E-state index in [1.807, 2.05) is 70.2 Å². The number of carbonyl (C=O) groups excluding carboxylic acids is 4. The minimum atomic E-state index is -0.114. The SMILES string of the molecule is CC(=O)Nc1nc2c(nc1CCc1ccccc1)-c1ccccc1CC2.CC(C)CC(=O)Nc1nc2c(nc1CCc1ccccc1)-c1ccccc1CC2.CCC(C)C(=O)Nc1nc2c(nc1CCc1ccccc1)-c1ccccc1CC2.O=C(CC1CCCCC1)Nc1nc2c(nc1CCc1ccccc1)-c1ccccc1CC2. The van der Waals surface area contributed by atoms with Crippen LogP contribution in [0.1, 0.15) is 176 Å². The van der Waals surface area contributed by atoms with Gasteiger partial charge in [0.15, 0.2) is 23.3 Å². The maximum Gasteiger partial charge on any atom is 0.228 e. The van der Waals surface area contributed by atoms with Crippen molar-refractivity contribution in [1.29, 1.82) is 0 Å². The molecular weight excluding hydrogens is 1430 g/mol. The quantitative estimate of drug-likeness (QED) is 0.0498. The lowest BCUT2D eigenvalue weighted by Crippen LogP contribution is -2.23. The number of aromatic nitrogens is 8. The second-order valence-corrected chi connectivity index (χ2v) is 31.7. The Morgan fingerprint density at radius 3 is 0.940 bits per heavy atom. The number of carbonyl (C=O) groups is 4. The fourth-order valence-corrected chi connectivity index (χ4v) is 16.2. The normalized spacial score (nSPS) is 13.5. The molecule has 17 rings (SSSR count). The highest BCUT2D eigenvalue weighted by molar-refractivity contribution is 5.93. The van der Waals surface area contributed by atoms with Gasteiger partial charge in [-0.05, 0) is 178 Å². The van der Waals surface area contributed by atoms with E-state index in [9.17, 15) is 19.2 Å². The molecule has 0 bridgehead atoms. The molecule has 116 heavy (non-hydrogen) atoms. The summed E-state index contributed by atoms with van der Waals surface area (Å²) in [7, 11) is 0. The lowest BCUT2D eigenvalue weighted by Gasteiger charge is -2.22. The molecule has 1 unspecified atom stereocenters. The Hall–Kier alpha value is -12.0. The maximum absolute atomic E-state index is 12.9. The van der Waals surface area contributed by atoms with Gasteiger partial charge in [-0.1, -0.05) is 265 Å². The molecule has 4 heterocycles. The van der Waals surface area contributed by atoms with E-state index in [2.05, 4.69) is 197 Å². The molecule has 16 heteroatoms. The molecular formula is C100H106N12O4. The summed E-state index contributed by atoms with van der Waals surface area (Å²) >= 11 is 0. The van der Waals surface area contributed by atoms with Crippen molar-refractivity contribution in [2.45, 2.75) is 189 Å². The first kappa shape index (κ1) is 80.6. The molecule has 4 aromatic heterocycles. The minimum absolute atomic E-state index is 0.00595.